The molecule has 1 aromatic rings. The molecule has 5 nitrogen and oxygen atoms in total. The fourth-order valence-corrected chi connectivity index (χ4v) is 2.30. The highest BCUT2D eigenvalue weighted by molar-refractivity contribution is 9.10. The number of halogens is 1. The molecule has 20 heavy (non-hydrogen) atoms. The quantitative estimate of drug-likeness (QED) is 0.795. The van der Waals surface area contributed by atoms with Gasteiger partial charge >= 0.3 is 0 Å². The third kappa shape index (κ3) is 4.38. The molecule has 2 N–H and O–H groups in total. The number of hydrogen-bond acceptors (Lipinski definition) is 4. The van der Waals surface area contributed by atoms with E-state index in [1.807, 2.05) is 6.92 Å². The normalized spacial score (nSPS) is 11.8. The molecule has 0 heterocycles. The summed E-state index contributed by atoms with van der Waals surface area (Å²) in [5, 5.41) is 12.3. The molecular formula is C14H20BrNO4. The summed E-state index contributed by atoms with van der Waals surface area (Å²) in [5.41, 5.74) is 0.422. The van der Waals surface area contributed by atoms with Gasteiger partial charge in [-0.1, -0.05) is 13.3 Å². The van der Waals surface area contributed by atoms with Gasteiger partial charge in [-0.05, 0) is 34.5 Å². The molecule has 0 fully saturated rings. The van der Waals surface area contributed by atoms with Gasteiger partial charge in [0.25, 0.3) is 5.91 Å². The summed E-state index contributed by atoms with van der Waals surface area (Å²) in [4.78, 5) is 12.1. The van der Waals surface area contributed by atoms with E-state index in [2.05, 4.69) is 21.2 Å². The number of carbonyl (C=O) groups excluding carboxylic acids is 1. The van der Waals surface area contributed by atoms with Crippen molar-refractivity contribution in [1.82, 2.24) is 5.32 Å². The maximum Gasteiger partial charge on any atom is 0.251 e. The number of benzene rings is 1. The van der Waals surface area contributed by atoms with Gasteiger partial charge in [-0.15, -0.1) is 0 Å². The maximum atomic E-state index is 12.1. The Morgan fingerprint density at radius 1 is 1.35 bits per heavy atom. The van der Waals surface area contributed by atoms with Crippen LogP contribution in [0.1, 0.15) is 30.1 Å². The third-order valence-electron chi connectivity index (χ3n) is 2.83. The smallest absolute Gasteiger partial charge is 0.251 e. The monoisotopic (exact) mass is 345 g/mol. The van der Waals surface area contributed by atoms with E-state index >= 15 is 0 Å². The topological polar surface area (TPSA) is 67.8 Å². The SMILES string of the molecule is CCCC(O)CNC(=O)c1cc(OC)c(Br)c(OC)c1. The van der Waals surface area contributed by atoms with E-state index in [1.165, 1.54) is 14.2 Å². The molecule has 0 saturated carbocycles. The van der Waals surface area contributed by atoms with Crippen LogP contribution in [0, 0.1) is 0 Å². The Kier molecular flexibility index (Phi) is 6.81. The van der Waals surface area contributed by atoms with Crippen molar-refractivity contribution < 1.29 is 19.4 Å². The second-order valence-electron chi connectivity index (χ2n) is 4.35. The van der Waals surface area contributed by atoms with Crippen LogP contribution in [0.3, 0.4) is 0 Å². The van der Waals surface area contributed by atoms with Crippen LogP contribution in [0.5, 0.6) is 11.5 Å². The van der Waals surface area contributed by atoms with Crippen LogP contribution in [-0.4, -0.2) is 37.9 Å². The molecule has 1 unspecified atom stereocenters. The predicted molar refractivity (Wildman–Crippen MR) is 80.5 cm³/mol. The van der Waals surface area contributed by atoms with Gasteiger partial charge in [0.1, 0.15) is 16.0 Å². The van der Waals surface area contributed by atoms with Crippen molar-refractivity contribution >= 4 is 21.8 Å². The van der Waals surface area contributed by atoms with Crippen molar-refractivity contribution in [3.8, 4) is 11.5 Å². The molecule has 112 valence electrons. The lowest BCUT2D eigenvalue weighted by atomic mass is 10.1. The molecule has 0 aromatic heterocycles. The summed E-state index contributed by atoms with van der Waals surface area (Å²) in [7, 11) is 3.04. The number of amides is 1. The summed E-state index contributed by atoms with van der Waals surface area (Å²) in [6, 6.07) is 3.24. The molecule has 0 saturated heterocycles. The lowest BCUT2D eigenvalue weighted by Crippen LogP contribution is -2.32. The van der Waals surface area contributed by atoms with Gasteiger partial charge in [0.05, 0.1) is 20.3 Å². The number of nitrogens with one attached hydrogen (secondary N) is 1. The van der Waals surface area contributed by atoms with Crippen LogP contribution in [0.25, 0.3) is 0 Å². The Morgan fingerprint density at radius 2 is 1.90 bits per heavy atom. The van der Waals surface area contributed by atoms with Gasteiger partial charge < -0.3 is 19.9 Å². The zero-order valence-corrected chi connectivity index (χ0v) is 13.5. The van der Waals surface area contributed by atoms with Gasteiger partial charge in [0, 0.05) is 12.1 Å². The summed E-state index contributed by atoms with van der Waals surface area (Å²) in [5.74, 6) is 0.761. The first kappa shape index (κ1) is 16.8. The molecule has 0 bridgehead atoms. The molecule has 0 spiro atoms. The summed E-state index contributed by atoms with van der Waals surface area (Å²) >= 11 is 3.35. The molecule has 1 rings (SSSR count). The van der Waals surface area contributed by atoms with E-state index in [1.54, 1.807) is 12.1 Å². The van der Waals surface area contributed by atoms with Crippen molar-refractivity contribution in [3.05, 3.63) is 22.2 Å². The van der Waals surface area contributed by atoms with E-state index in [9.17, 15) is 9.90 Å². The minimum absolute atomic E-state index is 0.230. The standard InChI is InChI=1S/C14H20BrNO4/c1-4-5-10(17)8-16-14(18)9-6-11(19-2)13(15)12(7-9)20-3/h6-7,10,17H,4-5,8H2,1-3H3,(H,16,18). The van der Waals surface area contributed by atoms with Gasteiger partial charge in [-0.3, -0.25) is 4.79 Å². The number of ether oxygens (including phenoxy) is 2. The number of aliphatic hydroxyl groups is 1. The number of methoxy groups -OCH3 is 2. The van der Waals surface area contributed by atoms with Crippen molar-refractivity contribution in [2.75, 3.05) is 20.8 Å². The first-order valence-corrected chi connectivity index (χ1v) is 7.20. The third-order valence-corrected chi connectivity index (χ3v) is 3.61. The highest BCUT2D eigenvalue weighted by Crippen LogP contribution is 2.35. The van der Waals surface area contributed by atoms with E-state index < -0.39 is 6.10 Å². The van der Waals surface area contributed by atoms with Gasteiger partial charge in [-0.25, -0.2) is 0 Å². The predicted octanol–water partition coefficient (Wildman–Crippen LogP) is 2.36. The molecule has 6 heteroatoms. The Labute approximate surface area is 127 Å². The molecule has 0 aliphatic carbocycles. The highest BCUT2D eigenvalue weighted by Gasteiger charge is 2.15. The minimum Gasteiger partial charge on any atom is -0.495 e. The van der Waals surface area contributed by atoms with Gasteiger partial charge in [0.2, 0.25) is 0 Å². The molecule has 0 aliphatic rings. The van der Waals surface area contributed by atoms with Crippen molar-refractivity contribution in [1.29, 1.82) is 0 Å². The lowest BCUT2D eigenvalue weighted by molar-refractivity contribution is 0.0909. The van der Waals surface area contributed by atoms with E-state index in [0.29, 0.717) is 28.0 Å². The zero-order chi connectivity index (χ0) is 15.1. The van der Waals surface area contributed by atoms with Crippen LogP contribution in [0.15, 0.2) is 16.6 Å². The zero-order valence-electron chi connectivity index (χ0n) is 11.9. The molecule has 1 aromatic carbocycles. The van der Waals surface area contributed by atoms with Crippen molar-refractivity contribution in [2.24, 2.45) is 0 Å². The van der Waals surface area contributed by atoms with Crippen LogP contribution in [0.2, 0.25) is 0 Å². The Balaban J connectivity index is 2.82. The fraction of sp³-hybridized carbons (Fsp3) is 0.500. The van der Waals surface area contributed by atoms with Crippen LogP contribution >= 0.6 is 15.9 Å². The minimum atomic E-state index is -0.525. The number of rotatable bonds is 7. The largest absolute Gasteiger partial charge is 0.495 e. The molecule has 1 atom stereocenters. The Morgan fingerprint density at radius 3 is 2.35 bits per heavy atom. The summed E-state index contributed by atoms with van der Waals surface area (Å²) in [6.07, 6.45) is 1.01. The molecule has 1 amide bonds. The lowest BCUT2D eigenvalue weighted by Gasteiger charge is -2.13. The van der Waals surface area contributed by atoms with Crippen LogP contribution in [0.4, 0.5) is 0 Å². The maximum absolute atomic E-state index is 12.1. The number of hydrogen-bond donors (Lipinski definition) is 2. The first-order chi connectivity index (χ1) is 9.53. The second-order valence-corrected chi connectivity index (χ2v) is 5.14. The number of carbonyl (C=O) groups is 1. The first-order valence-electron chi connectivity index (χ1n) is 6.41. The van der Waals surface area contributed by atoms with Crippen LogP contribution < -0.4 is 14.8 Å². The molecule has 0 radical (unpaired) electrons. The Bertz CT molecular complexity index is 439. The average molecular weight is 346 g/mol. The van der Waals surface area contributed by atoms with Gasteiger partial charge in [-0.2, -0.15) is 0 Å². The summed E-state index contributed by atoms with van der Waals surface area (Å²) in [6.45, 7) is 2.21. The summed E-state index contributed by atoms with van der Waals surface area (Å²) < 4.78 is 11.0. The van der Waals surface area contributed by atoms with Crippen molar-refractivity contribution in [3.63, 3.8) is 0 Å². The van der Waals surface area contributed by atoms with Gasteiger partial charge in [0.15, 0.2) is 0 Å². The number of aliphatic hydroxyl groups excluding tert-OH is 1. The van der Waals surface area contributed by atoms with E-state index in [4.69, 9.17) is 9.47 Å². The van der Waals surface area contributed by atoms with Crippen LogP contribution in [-0.2, 0) is 0 Å². The van der Waals surface area contributed by atoms with E-state index in [0.717, 1.165) is 6.42 Å². The Hall–Kier alpha value is -1.27. The second kappa shape index (κ2) is 8.11. The van der Waals surface area contributed by atoms with Crippen molar-refractivity contribution in [2.45, 2.75) is 25.9 Å². The average Bonchev–Trinajstić information content (AvgIpc) is 2.45. The molecule has 0 aliphatic heterocycles. The van der Waals surface area contributed by atoms with E-state index in [-0.39, 0.29) is 12.5 Å². The fourth-order valence-electron chi connectivity index (χ4n) is 1.75. The molecular weight excluding hydrogens is 326 g/mol. The highest BCUT2D eigenvalue weighted by atomic mass is 79.9.